The van der Waals surface area contributed by atoms with Gasteiger partial charge in [0.15, 0.2) is 0 Å². The van der Waals surface area contributed by atoms with E-state index in [0.29, 0.717) is 5.54 Å². The second-order valence-corrected chi connectivity index (χ2v) is 6.67. The molecule has 2 saturated heterocycles. The first-order valence-corrected chi connectivity index (χ1v) is 7.81. The first kappa shape index (κ1) is 15.2. The van der Waals surface area contributed by atoms with Crippen molar-refractivity contribution in [2.24, 2.45) is 5.92 Å². The zero-order valence-electron chi connectivity index (χ0n) is 13.0. The summed E-state index contributed by atoms with van der Waals surface area (Å²) in [5.74, 6) is 0.822. The zero-order chi connectivity index (χ0) is 13.7. The van der Waals surface area contributed by atoms with Crippen LogP contribution in [0.3, 0.4) is 0 Å². The fourth-order valence-corrected chi connectivity index (χ4v) is 3.30. The molecule has 0 aliphatic carbocycles. The lowest BCUT2D eigenvalue weighted by molar-refractivity contribution is 0.00870. The molecule has 2 fully saturated rings. The van der Waals surface area contributed by atoms with E-state index >= 15 is 0 Å². The molecule has 2 heterocycles. The highest BCUT2D eigenvalue weighted by Crippen LogP contribution is 2.30. The van der Waals surface area contributed by atoms with Gasteiger partial charge in [0.25, 0.3) is 0 Å². The Hall–Kier alpha value is -0.160. The van der Waals surface area contributed by atoms with E-state index in [-0.39, 0.29) is 0 Å². The van der Waals surface area contributed by atoms with Crippen LogP contribution < -0.4 is 5.32 Å². The molecule has 112 valence electrons. The minimum atomic E-state index is 0.372. The number of hydrogen-bond acceptors (Lipinski definition) is 4. The molecule has 4 nitrogen and oxygen atoms in total. The summed E-state index contributed by atoms with van der Waals surface area (Å²) in [6.45, 7) is 13.6. The highest BCUT2D eigenvalue weighted by Gasteiger charge is 2.33. The molecule has 2 aliphatic rings. The lowest BCUT2D eigenvalue weighted by Crippen LogP contribution is -2.54. The van der Waals surface area contributed by atoms with Gasteiger partial charge in [-0.25, -0.2) is 0 Å². The van der Waals surface area contributed by atoms with Crippen molar-refractivity contribution in [2.75, 3.05) is 59.5 Å². The van der Waals surface area contributed by atoms with E-state index < -0.39 is 0 Å². The third kappa shape index (κ3) is 4.42. The molecule has 0 aromatic rings. The van der Waals surface area contributed by atoms with Gasteiger partial charge < -0.3 is 10.1 Å². The van der Waals surface area contributed by atoms with Crippen molar-refractivity contribution in [1.29, 1.82) is 0 Å². The Labute approximate surface area is 118 Å². The van der Waals surface area contributed by atoms with Crippen LogP contribution in [-0.4, -0.2) is 74.9 Å². The van der Waals surface area contributed by atoms with Crippen LogP contribution >= 0.6 is 0 Å². The standard InChI is InChI=1S/C15H31N3O/c1-15(2)5-4-14(12-16-3)13-18(15)7-6-17-8-10-19-11-9-17/h14,16H,4-13H2,1-3H3. The van der Waals surface area contributed by atoms with Crippen molar-refractivity contribution in [1.82, 2.24) is 15.1 Å². The van der Waals surface area contributed by atoms with E-state index in [2.05, 4.69) is 36.0 Å². The minimum Gasteiger partial charge on any atom is -0.379 e. The summed E-state index contributed by atoms with van der Waals surface area (Å²) in [5, 5.41) is 3.34. The summed E-state index contributed by atoms with van der Waals surface area (Å²) in [6, 6.07) is 0. The largest absolute Gasteiger partial charge is 0.379 e. The van der Waals surface area contributed by atoms with Crippen LogP contribution in [0, 0.1) is 5.92 Å². The monoisotopic (exact) mass is 269 g/mol. The highest BCUT2D eigenvalue weighted by molar-refractivity contribution is 4.89. The van der Waals surface area contributed by atoms with Crippen LogP contribution in [0.15, 0.2) is 0 Å². The van der Waals surface area contributed by atoms with Crippen molar-refractivity contribution in [3.05, 3.63) is 0 Å². The van der Waals surface area contributed by atoms with Crippen LogP contribution in [0.1, 0.15) is 26.7 Å². The Morgan fingerprint density at radius 2 is 1.95 bits per heavy atom. The molecule has 0 spiro atoms. The van der Waals surface area contributed by atoms with E-state index in [1.807, 2.05) is 0 Å². The smallest absolute Gasteiger partial charge is 0.0594 e. The molecule has 0 radical (unpaired) electrons. The third-order valence-corrected chi connectivity index (χ3v) is 4.78. The summed E-state index contributed by atoms with van der Waals surface area (Å²) < 4.78 is 5.42. The molecule has 0 saturated carbocycles. The molecular weight excluding hydrogens is 238 g/mol. The maximum atomic E-state index is 5.42. The maximum absolute atomic E-state index is 5.42. The number of hydrogen-bond donors (Lipinski definition) is 1. The van der Waals surface area contributed by atoms with Crippen LogP contribution in [-0.2, 0) is 4.74 Å². The minimum absolute atomic E-state index is 0.372. The van der Waals surface area contributed by atoms with Crippen molar-refractivity contribution in [2.45, 2.75) is 32.2 Å². The number of likely N-dealkylation sites (tertiary alicyclic amines) is 1. The Kier molecular flexibility index (Phi) is 5.63. The molecular formula is C15H31N3O. The predicted octanol–water partition coefficient (Wildman–Crippen LogP) is 1.03. The van der Waals surface area contributed by atoms with Gasteiger partial charge >= 0.3 is 0 Å². The number of morpholine rings is 1. The fraction of sp³-hybridized carbons (Fsp3) is 1.00. The summed E-state index contributed by atoms with van der Waals surface area (Å²) >= 11 is 0. The molecule has 2 rings (SSSR count). The molecule has 2 aliphatic heterocycles. The molecule has 1 atom stereocenters. The van der Waals surface area contributed by atoms with E-state index in [0.717, 1.165) is 38.8 Å². The Balaban J connectivity index is 1.80. The van der Waals surface area contributed by atoms with Crippen LogP contribution in [0.4, 0.5) is 0 Å². The van der Waals surface area contributed by atoms with Crippen LogP contribution in [0.2, 0.25) is 0 Å². The normalized spacial score (nSPS) is 29.5. The number of nitrogens with zero attached hydrogens (tertiary/aromatic N) is 2. The van der Waals surface area contributed by atoms with Gasteiger partial charge in [-0.1, -0.05) is 0 Å². The highest BCUT2D eigenvalue weighted by atomic mass is 16.5. The molecule has 19 heavy (non-hydrogen) atoms. The topological polar surface area (TPSA) is 27.7 Å². The predicted molar refractivity (Wildman–Crippen MR) is 79.6 cm³/mol. The van der Waals surface area contributed by atoms with Gasteiger partial charge in [-0.15, -0.1) is 0 Å². The molecule has 0 aromatic heterocycles. The van der Waals surface area contributed by atoms with Crippen molar-refractivity contribution in [3.63, 3.8) is 0 Å². The van der Waals surface area contributed by atoms with E-state index in [9.17, 15) is 0 Å². The quantitative estimate of drug-likeness (QED) is 0.807. The molecule has 4 heteroatoms. The van der Waals surface area contributed by atoms with E-state index in [1.165, 1.54) is 32.5 Å². The number of rotatable bonds is 5. The summed E-state index contributed by atoms with van der Waals surface area (Å²) in [4.78, 5) is 5.25. The molecule has 0 aromatic carbocycles. The Morgan fingerprint density at radius 3 is 2.63 bits per heavy atom. The number of ether oxygens (including phenoxy) is 1. The zero-order valence-corrected chi connectivity index (χ0v) is 13.0. The van der Waals surface area contributed by atoms with Gasteiger partial charge in [-0.2, -0.15) is 0 Å². The van der Waals surface area contributed by atoms with Crippen LogP contribution in [0.5, 0.6) is 0 Å². The Bertz CT molecular complexity index is 264. The molecule has 0 bridgehead atoms. The van der Waals surface area contributed by atoms with Crippen LogP contribution in [0.25, 0.3) is 0 Å². The lowest BCUT2D eigenvalue weighted by atomic mass is 9.84. The van der Waals surface area contributed by atoms with E-state index in [1.54, 1.807) is 0 Å². The first-order valence-electron chi connectivity index (χ1n) is 7.81. The summed E-state index contributed by atoms with van der Waals surface area (Å²) in [6.07, 6.45) is 2.68. The van der Waals surface area contributed by atoms with E-state index in [4.69, 9.17) is 4.74 Å². The SMILES string of the molecule is CNCC1CCC(C)(C)N(CCN2CCOCC2)C1. The number of nitrogens with one attached hydrogen (secondary N) is 1. The van der Waals surface area contributed by atoms with Gasteiger partial charge in [0.05, 0.1) is 13.2 Å². The second-order valence-electron chi connectivity index (χ2n) is 6.67. The van der Waals surface area contributed by atoms with Gasteiger partial charge in [-0.05, 0) is 46.2 Å². The summed E-state index contributed by atoms with van der Waals surface area (Å²) in [5.41, 5.74) is 0.372. The average Bonchev–Trinajstić information content (AvgIpc) is 2.41. The fourth-order valence-electron chi connectivity index (χ4n) is 3.30. The third-order valence-electron chi connectivity index (χ3n) is 4.78. The van der Waals surface area contributed by atoms with Gasteiger partial charge in [-0.3, -0.25) is 9.80 Å². The van der Waals surface area contributed by atoms with Crippen molar-refractivity contribution in [3.8, 4) is 0 Å². The average molecular weight is 269 g/mol. The van der Waals surface area contributed by atoms with Crippen molar-refractivity contribution >= 4 is 0 Å². The lowest BCUT2D eigenvalue weighted by Gasteiger charge is -2.46. The Morgan fingerprint density at radius 1 is 1.21 bits per heavy atom. The van der Waals surface area contributed by atoms with Gasteiger partial charge in [0.2, 0.25) is 0 Å². The first-order chi connectivity index (χ1) is 9.12. The molecule has 1 unspecified atom stereocenters. The number of piperidine rings is 1. The van der Waals surface area contributed by atoms with Crippen molar-refractivity contribution < 1.29 is 4.74 Å². The second kappa shape index (κ2) is 7.02. The van der Waals surface area contributed by atoms with Gasteiger partial charge in [0, 0.05) is 38.3 Å². The molecule has 0 amide bonds. The van der Waals surface area contributed by atoms with Gasteiger partial charge in [0.1, 0.15) is 0 Å². The molecule has 1 N–H and O–H groups in total. The maximum Gasteiger partial charge on any atom is 0.0594 e. The summed E-state index contributed by atoms with van der Waals surface area (Å²) in [7, 11) is 2.07.